The van der Waals surface area contributed by atoms with Gasteiger partial charge in [-0.3, -0.25) is 0 Å². The van der Waals surface area contributed by atoms with Crippen molar-refractivity contribution < 1.29 is 4.39 Å². The predicted molar refractivity (Wildman–Crippen MR) is 68.1 cm³/mol. The van der Waals surface area contributed by atoms with E-state index in [0.717, 1.165) is 0 Å². The number of benzene rings is 1. The van der Waals surface area contributed by atoms with Crippen molar-refractivity contribution in [1.82, 2.24) is 0 Å². The predicted octanol–water partition coefficient (Wildman–Crippen LogP) is 4.81. The first kappa shape index (κ1) is 11.7. The molecule has 0 saturated heterocycles. The Morgan fingerprint density at radius 2 is 1.94 bits per heavy atom. The second-order valence-corrected chi connectivity index (χ2v) is 4.83. The molecular weight excluding hydrogens is 268 g/mol. The van der Waals surface area contributed by atoms with Crippen molar-refractivity contribution in [3.63, 3.8) is 0 Å². The minimum Gasteiger partial charge on any atom is -0.381 e. The molecule has 0 unspecified atom stereocenters. The number of thiophene rings is 1. The highest BCUT2D eigenvalue weighted by Gasteiger charge is 2.07. The lowest BCUT2D eigenvalue weighted by molar-refractivity contribution is 0.629. The molecule has 0 aliphatic carbocycles. The van der Waals surface area contributed by atoms with Crippen LogP contribution in [0.25, 0.3) is 0 Å². The fourth-order valence-electron chi connectivity index (χ4n) is 1.25. The quantitative estimate of drug-likeness (QED) is 0.793. The summed E-state index contributed by atoms with van der Waals surface area (Å²) in [6.45, 7) is 0.668. The number of hydrogen-bond acceptors (Lipinski definition) is 2. The highest BCUT2D eigenvalue weighted by molar-refractivity contribution is 7.07. The standard InChI is InChI=1S/C11H8Cl2FNS/c12-9-3-8(4-10(13)11(9)14)15-5-7-1-2-16-6-7/h1-4,6,15H,5H2. The van der Waals surface area contributed by atoms with Crippen molar-refractivity contribution in [2.45, 2.75) is 6.54 Å². The van der Waals surface area contributed by atoms with Gasteiger partial charge < -0.3 is 5.32 Å². The molecule has 0 bridgehead atoms. The van der Waals surface area contributed by atoms with Gasteiger partial charge in [0.05, 0.1) is 10.0 Å². The molecule has 1 aromatic carbocycles. The molecule has 2 rings (SSSR count). The Balaban J connectivity index is 2.10. The van der Waals surface area contributed by atoms with Crippen LogP contribution in [0.5, 0.6) is 0 Å². The van der Waals surface area contributed by atoms with E-state index >= 15 is 0 Å². The third kappa shape index (κ3) is 2.67. The van der Waals surface area contributed by atoms with Crippen LogP contribution >= 0.6 is 34.5 Å². The Morgan fingerprint density at radius 3 is 2.50 bits per heavy atom. The van der Waals surface area contributed by atoms with Gasteiger partial charge in [-0.25, -0.2) is 4.39 Å². The number of hydrogen-bond donors (Lipinski definition) is 1. The topological polar surface area (TPSA) is 12.0 Å². The Labute approximate surface area is 107 Å². The second-order valence-electron chi connectivity index (χ2n) is 3.24. The zero-order valence-corrected chi connectivity index (χ0v) is 10.5. The molecule has 84 valence electrons. The van der Waals surface area contributed by atoms with Crippen molar-refractivity contribution in [2.75, 3.05) is 5.32 Å². The Bertz CT molecular complexity index is 462. The third-order valence-corrected chi connectivity index (χ3v) is 3.34. The molecule has 1 nitrogen and oxygen atoms in total. The molecule has 0 spiro atoms. The summed E-state index contributed by atoms with van der Waals surface area (Å²) in [5.41, 5.74) is 1.88. The summed E-state index contributed by atoms with van der Waals surface area (Å²) in [4.78, 5) is 0. The molecule has 5 heteroatoms. The summed E-state index contributed by atoms with van der Waals surface area (Å²) >= 11 is 13.0. The Morgan fingerprint density at radius 1 is 1.25 bits per heavy atom. The fraction of sp³-hybridized carbons (Fsp3) is 0.0909. The summed E-state index contributed by atoms with van der Waals surface area (Å²) in [5, 5.41) is 7.23. The van der Waals surface area contributed by atoms with E-state index < -0.39 is 5.82 Å². The number of anilines is 1. The Kier molecular flexibility index (Phi) is 3.69. The largest absolute Gasteiger partial charge is 0.381 e. The van der Waals surface area contributed by atoms with E-state index in [1.165, 1.54) is 17.7 Å². The molecule has 0 radical (unpaired) electrons. The molecule has 1 heterocycles. The van der Waals surface area contributed by atoms with Crippen LogP contribution in [-0.2, 0) is 6.54 Å². The molecule has 0 aliphatic rings. The zero-order valence-electron chi connectivity index (χ0n) is 8.14. The maximum Gasteiger partial charge on any atom is 0.160 e. The summed E-state index contributed by atoms with van der Waals surface area (Å²) in [5.74, 6) is -0.579. The number of halogens is 3. The van der Waals surface area contributed by atoms with Gasteiger partial charge in [0.15, 0.2) is 5.82 Å². The van der Waals surface area contributed by atoms with E-state index in [9.17, 15) is 4.39 Å². The van der Waals surface area contributed by atoms with E-state index in [0.29, 0.717) is 12.2 Å². The van der Waals surface area contributed by atoms with E-state index in [4.69, 9.17) is 23.2 Å². The average molecular weight is 276 g/mol. The highest BCUT2D eigenvalue weighted by atomic mass is 35.5. The summed E-state index contributed by atoms with van der Waals surface area (Å²) in [7, 11) is 0. The smallest absolute Gasteiger partial charge is 0.160 e. The van der Waals surface area contributed by atoms with Crippen molar-refractivity contribution in [3.8, 4) is 0 Å². The van der Waals surface area contributed by atoms with Crippen LogP contribution in [-0.4, -0.2) is 0 Å². The summed E-state index contributed by atoms with van der Waals surface area (Å²) in [6.07, 6.45) is 0. The normalized spacial score (nSPS) is 10.4. The lowest BCUT2D eigenvalue weighted by atomic mass is 10.3. The van der Waals surface area contributed by atoms with Crippen molar-refractivity contribution >= 4 is 40.2 Å². The lowest BCUT2D eigenvalue weighted by Crippen LogP contribution is -1.98. The van der Waals surface area contributed by atoms with E-state index in [1.807, 2.05) is 16.8 Å². The highest BCUT2D eigenvalue weighted by Crippen LogP contribution is 2.27. The molecule has 0 atom stereocenters. The summed E-state index contributed by atoms with van der Waals surface area (Å²) < 4.78 is 13.1. The first-order chi connectivity index (χ1) is 7.66. The molecule has 2 aromatic rings. The molecule has 1 aromatic heterocycles. The minimum atomic E-state index is -0.579. The van der Waals surface area contributed by atoms with Crippen molar-refractivity contribution in [2.24, 2.45) is 0 Å². The van der Waals surface area contributed by atoms with Crippen LogP contribution in [0.3, 0.4) is 0 Å². The monoisotopic (exact) mass is 275 g/mol. The molecule has 16 heavy (non-hydrogen) atoms. The average Bonchev–Trinajstić information content (AvgIpc) is 2.75. The van der Waals surface area contributed by atoms with E-state index in [-0.39, 0.29) is 10.0 Å². The van der Waals surface area contributed by atoms with Gasteiger partial charge in [-0.2, -0.15) is 11.3 Å². The van der Waals surface area contributed by atoms with Gasteiger partial charge in [0, 0.05) is 12.2 Å². The van der Waals surface area contributed by atoms with E-state index in [1.54, 1.807) is 11.3 Å². The van der Waals surface area contributed by atoms with Crippen LogP contribution in [0.15, 0.2) is 29.0 Å². The second kappa shape index (κ2) is 5.04. The van der Waals surface area contributed by atoms with Crippen LogP contribution in [0.4, 0.5) is 10.1 Å². The molecule has 0 amide bonds. The molecule has 0 aliphatic heterocycles. The van der Waals surface area contributed by atoms with Gasteiger partial charge in [-0.1, -0.05) is 23.2 Å². The van der Waals surface area contributed by atoms with E-state index in [2.05, 4.69) is 5.32 Å². The molecule has 0 saturated carbocycles. The molecular formula is C11H8Cl2FNS. The first-order valence-corrected chi connectivity index (χ1v) is 6.26. The van der Waals surface area contributed by atoms with Gasteiger partial charge in [0.1, 0.15) is 0 Å². The third-order valence-electron chi connectivity index (χ3n) is 2.06. The summed E-state index contributed by atoms with van der Waals surface area (Å²) in [6, 6.07) is 5.06. The first-order valence-electron chi connectivity index (χ1n) is 4.56. The van der Waals surface area contributed by atoms with Crippen LogP contribution in [0.2, 0.25) is 10.0 Å². The van der Waals surface area contributed by atoms with Crippen molar-refractivity contribution in [1.29, 1.82) is 0 Å². The van der Waals surface area contributed by atoms with Gasteiger partial charge >= 0.3 is 0 Å². The fourth-order valence-corrected chi connectivity index (χ4v) is 2.41. The van der Waals surface area contributed by atoms with Gasteiger partial charge in [0.2, 0.25) is 0 Å². The molecule has 1 N–H and O–H groups in total. The zero-order chi connectivity index (χ0) is 11.5. The lowest BCUT2D eigenvalue weighted by Gasteiger charge is -2.07. The maximum atomic E-state index is 13.1. The van der Waals surface area contributed by atoms with Gasteiger partial charge in [-0.05, 0) is 34.5 Å². The van der Waals surface area contributed by atoms with Crippen molar-refractivity contribution in [3.05, 3.63) is 50.4 Å². The van der Waals surface area contributed by atoms with Crippen LogP contribution in [0.1, 0.15) is 5.56 Å². The maximum absolute atomic E-state index is 13.1. The SMILES string of the molecule is Fc1c(Cl)cc(NCc2ccsc2)cc1Cl. The minimum absolute atomic E-state index is 0.0281. The number of rotatable bonds is 3. The van der Waals surface area contributed by atoms with Crippen LogP contribution in [0, 0.1) is 5.82 Å². The van der Waals surface area contributed by atoms with Crippen LogP contribution < -0.4 is 5.32 Å². The molecule has 0 fully saturated rings. The number of nitrogens with one attached hydrogen (secondary N) is 1. The van der Waals surface area contributed by atoms with Gasteiger partial charge in [-0.15, -0.1) is 0 Å². The van der Waals surface area contributed by atoms with Gasteiger partial charge in [0.25, 0.3) is 0 Å². The Hall–Kier alpha value is -0.770.